The molecule has 0 aliphatic heterocycles. The Morgan fingerprint density at radius 1 is 1.05 bits per heavy atom. The van der Waals surface area contributed by atoms with Crippen LogP contribution < -0.4 is 0 Å². The summed E-state index contributed by atoms with van der Waals surface area (Å²) in [6.07, 6.45) is 2.97. The molecule has 3 aromatic rings. The van der Waals surface area contributed by atoms with Gasteiger partial charge in [-0.05, 0) is 49.1 Å². The number of aliphatic hydroxyl groups excluding tert-OH is 1. The van der Waals surface area contributed by atoms with Gasteiger partial charge in [0.1, 0.15) is 0 Å². The number of aryl methyl sites for hydroxylation is 2. The lowest BCUT2D eigenvalue weighted by Gasteiger charge is -2.12. The predicted octanol–water partition coefficient (Wildman–Crippen LogP) is 4.21. The number of hydrogen-bond donors (Lipinski definition) is 1. The fourth-order valence-electron chi connectivity index (χ4n) is 2.64. The molecule has 2 nitrogen and oxygen atoms in total. The summed E-state index contributed by atoms with van der Waals surface area (Å²) in [6, 6.07) is 18.4. The van der Waals surface area contributed by atoms with Crippen molar-refractivity contribution >= 4 is 10.9 Å². The first-order chi connectivity index (χ1) is 10.2. The van der Waals surface area contributed by atoms with Crippen LogP contribution >= 0.6 is 0 Å². The molecule has 2 heteroatoms. The van der Waals surface area contributed by atoms with Crippen LogP contribution in [0.1, 0.15) is 29.2 Å². The van der Waals surface area contributed by atoms with Gasteiger partial charge in [0.15, 0.2) is 0 Å². The van der Waals surface area contributed by atoms with Gasteiger partial charge in [-0.1, -0.05) is 42.0 Å². The second-order valence-corrected chi connectivity index (χ2v) is 5.50. The Labute approximate surface area is 125 Å². The van der Waals surface area contributed by atoms with E-state index in [9.17, 15) is 5.11 Å². The van der Waals surface area contributed by atoms with Gasteiger partial charge in [-0.3, -0.25) is 4.98 Å². The van der Waals surface area contributed by atoms with E-state index < -0.39 is 6.10 Å². The summed E-state index contributed by atoms with van der Waals surface area (Å²) in [5.74, 6) is 0. The van der Waals surface area contributed by atoms with Crippen LogP contribution in [-0.2, 0) is 6.42 Å². The maximum Gasteiger partial charge on any atom is 0.0793 e. The highest BCUT2D eigenvalue weighted by molar-refractivity contribution is 5.79. The summed E-state index contributed by atoms with van der Waals surface area (Å²) in [4.78, 5) is 4.30. The first-order valence-electron chi connectivity index (χ1n) is 7.31. The first-order valence-corrected chi connectivity index (χ1v) is 7.31. The summed E-state index contributed by atoms with van der Waals surface area (Å²) in [6.45, 7) is 2.09. The third-order valence-corrected chi connectivity index (χ3v) is 3.80. The topological polar surface area (TPSA) is 33.1 Å². The Hall–Kier alpha value is -2.19. The summed E-state index contributed by atoms with van der Waals surface area (Å²) in [5, 5.41) is 11.5. The molecule has 0 aliphatic rings. The number of nitrogens with zero attached hydrogens (tertiary/aromatic N) is 1. The number of rotatable bonds is 4. The van der Waals surface area contributed by atoms with Gasteiger partial charge < -0.3 is 5.11 Å². The van der Waals surface area contributed by atoms with Gasteiger partial charge in [0.25, 0.3) is 0 Å². The molecule has 0 bridgehead atoms. The van der Waals surface area contributed by atoms with E-state index in [4.69, 9.17) is 0 Å². The minimum atomic E-state index is -0.435. The molecule has 1 unspecified atom stereocenters. The molecule has 106 valence electrons. The number of aliphatic hydroxyl groups is 1. The highest BCUT2D eigenvalue weighted by Crippen LogP contribution is 2.23. The fourth-order valence-corrected chi connectivity index (χ4v) is 2.64. The van der Waals surface area contributed by atoms with Crippen molar-refractivity contribution in [1.82, 2.24) is 4.98 Å². The van der Waals surface area contributed by atoms with Crippen LogP contribution in [0.25, 0.3) is 10.9 Å². The molecule has 3 rings (SSSR count). The van der Waals surface area contributed by atoms with Gasteiger partial charge in [-0.25, -0.2) is 0 Å². The van der Waals surface area contributed by atoms with E-state index >= 15 is 0 Å². The van der Waals surface area contributed by atoms with Crippen LogP contribution in [0, 0.1) is 6.92 Å². The highest BCUT2D eigenvalue weighted by Gasteiger charge is 2.09. The van der Waals surface area contributed by atoms with Gasteiger partial charge in [0.05, 0.1) is 11.6 Å². The minimum absolute atomic E-state index is 0.435. The molecule has 1 N–H and O–H groups in total. The van der Waals surface area contributed by atoms with E-state index in [0.29, 0.717) is 0 Å². The number of fused-ring (bicyclic) bond motifs is 1. The molecule has 2 aromatic carbocycles. The van der Waals surface area contributed by atoms with E-state index in [1.807, 2.05) is 30.3 Å². The second-order valence-electron chi connectivity index (χ2n) is 5.50. The van der Waals surface area contributed by atoms with E-state index in [1.165, 1.54) is 11.1 Å². The lowest BCUT2D eigenvalue weighted by molar-refractivity contribution is 0.168. The molecular formula is C19H19NO. The molecular weight excluding hydrogens is 258 g/mol. The Morgan fingerprint density at radius 3 is 2.81 bits per heavy atom. The molecule has 0 amide bonds. The van der Waals surface area contributed by atoms with Crippen LogP contribution in [0.3, 0.4) is 0 Å². The van der Waals surface area contributed by atoms with Crippen molar-refractivity contribution in [3.8, 4) is 0 Å². The Kier molecular flexibility index (Phi) is 3.98. The van der Waals surface area contributed by atoms with Gasteiger partial charge in [0.2, 0.25) is 0 Å². The summed E-state index contributed by atoms with van der Waals surface area (Å²) < 4.78 is 0. The maximum absolute atomic E-state index is 10.4. The zero-order valence-electron chi connectivity index (χ0n) is 12.2. The quantitative estimate of drug-likeness (QED) is 0.775. The van der Waals surface area contributed by atoms with Crippen LogP contribution in [0.2, 0.25) is 0 Å². The SMILES string of the molecule is Cc1cccc(CCC(O)c2ccc3ncccc3c2)c1. The Bertz CT molecular complexity index is 751. The summed E-state index contributed by atoms with van der Waals surface area (Å²) in [7, 11) is 0. The second kappa shape index (κ2) is 6.06. The van der Waals surface area contributed by atoms with Crippen molar-refractivity contribution in [3.05, 3.63) is 77.5 Å². The van der Waals surface area contributed by atoms with Crippen LogP contribution in [0.15, 0.2) is 60.8 Å². The third-order valence-electron chi connectivity index (χ3n) is 3.80. The van der Waals surface area contributed by atoms with E-state index in [1.54, 1.807) is 6.20 Å². The van der Waals surface area contributed by atoms with Crippen molar-refractivity contribution in [3.63, 3.8) is 0 Å². The van der Waals surface area contributed by atoms with E-state index in [2.05, 4.69) is 36.2 Å². The normalized spacial score (nSPS) is 12.5. The van der Waals surface area contributed by atoms with Crippen molar-refractivity contribution in [1.29, 1.82) is 0 Å². The zero-order chi connectivity index (χ0) is 14.7. The molecule has 0 fully saturated rings. The van der Waals surface area contributed by atoms with E-state index in [-0.39, 0.29) is 0 Å². The van der Waals surface area contributed by atoms with Crippen molar-refractivity contribution in [2.45, 2.75) is 25.9 Å². The monoisotopic (exact) mass is 277 g/mol. The number of benzene rings is 2. The Morgan fingerprint density at radius 2 is 1.95 bits per heavy atom. The number of aromatic nitrogens is 1. The lowest BCUT2D eigenvalue weighted by atomic mass is 9.99. The van der Waals surface area contributed by atoms with Crippen LogP contribution in [-0.4, -0.2) is 10.1 Å². The molecule has 1 atom stereocenters. The first kappa shape index (κ1) is 13.8. The van der Waals surface area contributed by atoms with Gasteiger partial charge >= 0.3 is 0 Å². The Balaban J connectivity index is 1.73. The maximum atomic E-state index is 10.4. The summed E-state index contributed by atoms with van der Waals surface area (Å²) >= 11 is 0. The molecule has 0 saturated heterocycles. The molecule has 0 radical (unpaired) electrons. The lowest BCUT2D eigenvalue weighted by Crippen LogP contribution is -2.00. The molecule has 0 spiro atoms. The van der Waals surface area contributed by atoms with Gasteiger partial charge in [-0.2, -0.15) is 0 Å². The molecule has 0 saturated carbocycles. The minimum Gasteiger partial charge on any atom is -0.388 e. The van der Waals surface area contributed by atoms with Crippen molar-refractivity contribution in [2.24, 2.45) is 0 Å². The van der Waals surface area contributed by atoms with Crippen molar-refractivity contribution in [2.75, 3.05) is 0 Å². The largest absolute Gasteiger partial charge is 0.388 e. The van der Waals surface area contributed by atoms with Gasteiger partial charge in [0, 0.05) is 11.6 Å². The van der Waals surface area contributed by atoms with E-state index in [0.717, 1.165) is 29.3 Å². The fraction of sp³-hybridized carbons (Fsp3) is 0.211. The van der Waals surface area contributed by atoms with Gasteiger partial charge in [-0.15, -0.1) is 0 Å². The number of hydrogen-bond acceptors (Lipinski definition) is 2. The third kappa shape index (κ3) is 3.29. The average molecular weight is 277 g/mol. The highest BCUT2D eigenvalue weighted by atomic mass is 16.3. The number of pyridine rings is 1. The average Bonchev–Trinajstić information content (AvgIpc) is 2.52. The molecule has 1 aromatic heterocycles. The smallest absolute Gasteiger partial charge is 0.0793 e. The van der Waals surface area contributed by atoms with Crippen LogP contribution in [0.5, 0.6) is 0 Å². The van der Waals surface area contributed by atoms with Crippen molar-refractivity contribution < 1.29 is 5.11 Å². The summed E-state index contributed by atoms with van der Waals surface area (Å²) in [5.41, 5.74) is 4.46. The molecule has 0 aliphatic carbocycles. The molecule has 1 heterocycles. The predicted molar refractivity (Wildman–Crippen MR) is 86.2 cm³/mol. The van der Waals surface area contributed by atoms with Crippen LogP contribution in [0.4, 0.5) is 0 Å². The zero-order valence-corrected chi connectivity index (χ0v) is 12.2. The molecule has 21 heavy (non-hydrogen) atoms. The standard InChI is InChI=1S/C19H19NO/c1-14-4-2-5-15(12-14)7-10-19(21)17-8-9-18-16(13-17)6-3-11-20-18/h2-6,8-9,11-13,19,21H,7,10H2,1H3.